The Labute approximate surface area is 175 Å². The summed E-state index contributed by atoms with van der Waals surface area (Å²) in [6, 6.07) is 0.281. The van der Waals surface area contributed by atoms with Gasteiger partial charge in [-0.25, -0.2) is 4.79 Å². The molecule has 0 aromatic carbocycles. The summed E-state index contributed by atoms with van der Waals surface area (Å²) in [5.74, 6) is -1.05. The number of likely N-dealkylation sites (tertiary alicyclic amines) is 2. The molecule has 152 valence electrons. The van der Waals surface area contributed by atoms with Crippen LogP contribution in [0.25, 0.3) is 0 Å². The zero-order valence-electron chi connectivity index (χ0n) is 24.8. The van der Waals surface area contributed by atoms with Gasteiger partial charge in [-0.3, -0.25) is 4.79 Å². The van der Waals surface area contributed by atoms with Crippen LogP contribution >= 0.6 is 0 Å². The van der Waals surface area contributed by atoms with E-state index in [0.717, 1.165) is 19.3 Å². The Bertz CT molecular complexity index is 902. The lowest BCUT2D eigenvalue weighted by Crippen LogP contribution is -2.62. The van der Waals surface area contributed by atoms with Crippen LogP contribution in [-0.2, 0) is 4.79 Å². The molecule has 0 aromatic heterocycles. The van der Waals surface area contributed by atoms with Gasteiger partial charge < -0.3 is 20.2 Å². The number of nitrogens with one attached hydrogen (secondary N) is 1. The van der Waals surface area contributed by atoms with Crippen molar-refractivity contribution >= 4 is 12.0 Å². The number of carboxylic acid groups (broad SMARTS) is 1. The molecule has 2 aliphatic heterocycles. The van der Waals surface area contributed by atoms with Gasteiger partial charge in [0.25, 0.3) is 0 Å². The van der Waals surface area contributed by atoms with Gasteiger partial charge in [0.1, 0.15) is 0 Å². The Morgan fingerprint density at radius 2 is 2.04 bits per heavy atom. The van der Waals surface area contributed by atoms with E-state index in [1.807, 2.05) is 0 Å². The maximum absolute atomic E-state index is 13.1. The van der Waals surface area contributed by atoms with Crippen molar-refractivity contribution in [2.24, 2.45) is 17.3 Å². The van der Waals surface area contributed by atoms with Crippen molar-refractivity contribution in [2.45, 2.75) is 76.6 Å². The van der Waals surface area contributed by atoms with E-state index in [-0.39, 0.29) is 11.5 Å². The minimum atomic E-state index is -3.30. The molecular formula is C21H35N3O3. The van der Waals surface area contributed by atoms with Crippen LogP contribution in [0.15, 0.2) is 0 Å². The maximum atomic E-state index is 13.1. The van der Waals surface area contributed by atoms with Crippen LogP contribution in [-0.4, -0.2) is 64.7 Å². The minimum absolute atomic E-state index is 0.00146. The fourth-order valence-corrected chi connectivity index (χ4v) is 5.60. The van der Waals surface area contributed by atoms with Crippen molar-refractivity contribution in [3.05, 3.63) is 0 Å². The lowest BCUT2D eigenvalue weighted by Gasteiger charge is -2.58. The summed E-state index contributed by atoms with van der Waals surface area (Å²) >= 11 is 0. The van der Waals surface area contributed by atoms with Crippen molar-refractivity contribution in [1.29, 1.82) is 0 Å². The maximum Gasteiger partial charge on any atom is 0.407 e. The van der Waals surface area contributed by atoms with Gasteiger partial charge in [0, 0.05) is 42.9 Å². The Hall–Kier alpha value is -1.30. The molecule has 2 N–H and O–H groups in total. The number of carbonyl (C=O) groups is 2. The summed E-state index contributed by atoms with van der Waals surface area (Å²) < 4.78 is 71.6. The summed E-state index contributed by atoms with van der Waals surface area (Å²) in [6.07, 6.45) is -6.80. The van der Waals surface area contributed by atoms with Gasteiger partial charge in [0.2, 0.25) is 5.91 Å². The number of rotatable bonds is 4. The minimum Gasteiger partial charge on any atom is -0.465 e. The highest BCUT2D eigenvalue weighted by atomic mass is 16.4. The van der Waals surface area contributed by atoms with Crippen LogP contribution in [0.4, 0.5) is 4.79 Å². The van der Waals surface area contributed by atoms with E-state index in [4.69, 9.17) is 12.3 Å². The van der Waals surface area contributed by atoms with Crippen LogP contribution in [0.1, 0.15) is 77.3 Å². The number of piperidine rings is 1. The van der Waals surface area contributed by atoms with Gasteiger partial charge in [-0.1, -0.05) is 13.3 Å². The van der Waals surface area contributed by atoms with Crippen LogP contribution < -0.4 is 5.32 Å². The lowest BCUT2D eigenvalue weighted by molar-refractivity contribution is -0.131. The Morgan fingerprint density at radius 1 is 1.30 bits per heavy atom. The molecule has 6 nitrogen and oxygen atoms in total. The highest BCUT2D eigenvalue weighted by Crippen LogP contribution is 2.56. The lowest BCUT2D eigenvalue weighted by atomic mass is 9.54. The standard InChI is InChI=1S/C21H35N3O3/c1-3-16-17(13-21(16)9-12-24(14-21)19(26)27)23-10-5-15(6-11-23)18(25)22-20(2)7-4-8-20/h15-17H,3-14H2,1-2H3,(H,22,25)(H,26,27)/t16?,17?,21-/m1/s1/i2D3,4D2,7D2,8D2. The van der Waals surface area contributed by atoms with E-state index >= 15 is 0 Å². The van der Waals surface area contributed by atoms with E-state index in [2.05, 4.69) is 17.1 Å². The SMILES string of the molecule is [2H]C([2H])([2H])C1(NC(=O)C2CCN(C3C[C@@]4(CCN(C(=O)O)C4)C3CC)CC2)C([2H])([2H])C([2H])([2H])C1([2H])[2H]. The molecule has 3 atom stereocenters. The third-order valence-electron chi connectivity index (χ3n) is 7.14. The van der Waals surface area contributed by atoms with E-state index in [9.17, 15) is 14.7 Å². The molecule has 27 heavy (non-hydrogen) atoms. The summed E-state index contributed by atoms with van der Waals surface area (Å²) in [5, 5.41) is 11.5. The van der Waals surface area contributed by atoms with Gasteiger partial charge in [-0.15, -0.1) is 0 Å². The Morgan fingerprint density at radius 3 is 2.63 bits per heavy atom. The topological polar surface area (TPSA) is 72.9 Å². The summed E-state index contributed by atoms with van der Waals surface area (Å²) in [5.41, 5.74) is -2.99. The fraction of sp³-hybridized carbons (Fsp3) is 0.905. The quantitative estimate of drug-likeness (QED) is 0.779. The first-order valence-corrected chi connectivity index (χ1v) is 9.94. The molecule has 2 saturated carbocycles. The normalized spacial score (nSPS) is 47.3. The molecule has 2 heterocycles. The van der Waals surface area contributed by atoms with Crippen LogP contribution in [0, 0.1) is 17.3 Å². The highest BCUT2D eigenvalue weighted by molar-refractivity contribution is 5.79. The molecule has 2 amide bonds. The molecule has 2 saturated heterocycles. The molecule has 4 aliphatic rings. The van der Waals surface area contributed by atoms with Crippen LogP contribution in [0.2, 0.25) is 0 Å². The summed E-state index contributed by atoms with van der Waals surface area (Å²) in [7, 11) is 0. The molecule has 2 aliphatic carbocycles. The third kappa shape index (κ3) is 3.34. The molecule has 2 unspecified atom stereocenters. The smallest absolute Gasteiger partial charge is 0.407 e. The van der Waals surface area contributed by atoms with Gasteiger partial charge in [-0.05, 0) is 76.1 Å². The molecule has 4 fully saturated rings. The van der Waals surface area contributed by atoms with Crippen molar-refractivity contribution in [3.8, 4) is 0 Å². The fourth-order valence-electron chi connectivity index (χ4n) is 5.60. The third-order valence-corrected chi connectivity index (χ3v) is 7.14. The first-order chi connectivity index (χ1) is 16.4. The molecular weight excluding hydrogens is 342 g/mol. The van der Waals surface area contributed by atoms with Crippen molar-refractivity contribution in [3.63, 3.8) is 0 Å². The van der Waals surface area contributed by atoms with Crippen molar-refractivity contribution in [1.82, 2.24) is 15.1 Å². The molecule has 0 bridgehead atoms. The average Bonchev–Trinajstić information content (AvgIpc) is 3.22. The molecule has 4 rings (SSSR count). The van der Waals surface area contributed by atoms with Crippen LogP contribution in [0.3, 0.4) is 0 Å². The van der Waals surface area contributed by atoms with Gasteiger partial charge >= 0.3 is 6.09 Å². The van der Waals surface area contributed by atoms with Gasteiger partial charge in [0.05, 0.1) is 0 Å². The summed E-state index contributed by atoms with van der Waals surface area (Å²) in [6.45, 7) is 1.03. The first-order valence-electron chi connectivity index (χ1n) is 14.4. The van der Waals surface area contributed by atoms with Gasteiger partial charge in [-0.2, -0.15) is 0 Å². The van der Waals surface area contributed by atoms with Crippen LogP contribution in [0.5, 0.6) is 0 Å². The highest BCUT2D eigenvalue weighted by Gasteiger charge is 2.58. The van der Waals surface area contributed by atoms with E-state index in [1.54, 1.807) is 0 Å². The zero-order chi connectivity index (χ0) is 27.1. The molecule has 1 spiro atoms. The molecule has 6 heteroatoms. The Kier molecular flexibility index (Phi) is 2.84. The predicted molar refractivity (Wildman–Crippen MR) is 104 cm³/mol. The van der Waals surface area contributed by atoms with E-state index in [0.29, 0.717) is 44.9 Å². The first kappa shape index (κ1) is 11.0. The largest absolute Gasteiger partial charge is 0.465 e. The number of carbonyl (C=O) groups excluding carboxylic acids is 1. The number of nitrogens with zero attached hydrogens (tertiary/aromatic N) is 2. The number of hydrogen-bond acceptors (Lipinski definition) is 3. The second-order valence-corrected chi connectivity index (χ2v) is 8.53. The number of hydrogen-bond donors (Lipinski definition) is 2. The molecule has 0 radical (unpaired) electrons. The summed E-state index contributed by atoms with van der Waals surface area (Å²) in [4.78, 5) is 28.3. The zero-order valence-corrected chi connectivity index (χ0v) is 15.8. The van der Waals surface area contributed by atoms with E-state index in [1.165, 1.54) is 4.90 Å². The second kappa shape index (κ2) is 6.94. The average molecular weight is 387 g/mol. The predicted octanol–water partition coefficient (Wildman–Crippen LogP) is 2.93. The van der Waals surface area contributed by atoms with Crippen molar-refractivity contribution in [2.75, 3.05) is 26.2 Å². The van der Waals surface area contributed by atoms with E-state index < -0.39 is 49.4 Å². The second-order valence-electron chi connectivity index (χ2n) is 8.53. The van der Waals surface area contributed by atoms with Crippen molar-refractivity contribution < 1.29 is 27.0 Å². The number of amides is 2. The molecule has 0 aromatic rings. The Balaban J connectivity index is 1.41. The monoisotopic (exact) mass is 386 g/mol. The van der Waals surface area contributed by atoms with Gasteiger partial charge in [0.15, 0.2) is 0 Å².